The molecule has 1 rings (SSSR count). The summed E-state index contributed by atoms with van der Waals surface area (Å²) < 4.78 is 13.9. The third kappa shape index (κ3) is 1.93. The van der Waals surface area contributed by atoms with Crippen LogP contribution in [0.1, 0.15) is 26.7 Å². The van der Waals surface area contributed by atoms with Crippen LogP contribution < -0.4 is 4.72 Å². The van der Waals surface area contributed by atoms with Crippen LogP contribution in [-0.2, 0) is 11.0 Å². The average molecular weight is 171 g/mol. The second kappa shape index (κ2) is 3.72. The normalized spacial score (nSPS) is 23.6. The highest BCUT2D eigenvalue weighted by Crippen LogP contribution is 2.15. The first-order valence-corrected chi connectivity index (χ1v) is 5.06. The van der Waals surface area contributed by atoms with Gasteiger partial charge in [-0.25, -0.2) is 4.21 Å². The number of allylic oxidation sites excluding steroid dienone is 3. The lowest BCUT2D eigenvalue weighted by molar-refractivity contribution is 0.681. The third-order valence-electron chi connectivity index (χ3n) is 1.74. The Bertz CT molecular complexity index is 230. The van der Waals surface area contributed by atoms with Crippen LogP contribution in [0.3, 0.4) is 0 Å². The summed E-state index contributed by atoms with van der Waals surface area (Å²) in [6.07, 6.45) is 3.88. The lowest BCUT2D eigenvalue weighted by Gasteiger charge is -2.14. The summed E-state index contributed by atoms with van der Waals surface area (Å²) in [6, 6.07) is 0. The molecule has 0 aromatic carbocycles. The fraction of sp³-hybridized carbons (Fsp3) is 0.500. The van der Waals surface area contributed by atoms with Crippen LogP contribution in [0.25, 0.3) is 0 Å². The minimum Gasteiger partial charge on any atom is -0.305 e. The Kier molecular flexibility index (Phi) is 2.88. The van der Waals surface area contributed by atoms with Gasteiger partial charge in [-0.1, -0.05) is 13.8 Å². The minimum atomic E-state index is -0.981. The van der Waals surface area contributed by atoms with Gasteiger partial charge in [0.1, 0.15) is 11.0 Å². The van der Waals surface area contributed by atoms with Crippen molar-refractivity contribution in [3.63, 3.8) is 0 Å². The van der Waals surface area contributed by atoms with E-state index >= 15 is 0 Å². The average Bonchev–Trinajstić information content (AvgIpc) is 2.04. The molecule has 1 heterocycles. The molecule has 0 spiro atoms. The van der Waals surface area contributed by atoms with E-state index in [9.17, 15) is 4.21 Å². The van der Waals surface area contributed by atoms with Gasteiger partial charge in [0.05, 0.1) is 0 Å². The SMILES string of the molecule is CCC1=C(CC)NS(=O)C=C1. The van der Waals surface area contributed by atoms with Gasteiger partial charge in [-0.05, 0) is 24.5 Å². The molecule has 0 radical (unpaired) electrons. The highest BCUT2D eigenvalue weighted by atomic mass is 32.2. The molecular formula is C8H13NOS. The van der Waals surface area contributed by atoms with Crippen molar-refractivity contribution in [3.8, 4) is 0 Å². The van der Waals surface area contributed by atoms with Gasteiger partial charge in [-0.15, -0.1) is 0 Å². The Balaban J connectivity index is 2.85. The Morgan fingerprint density at radius 2 is 2.18 bits per heavy atom. The Morgan fingerprint density at radius 1 is 1.45 bits per heavy atom. The van der Waals surface area contributed by atoms with Crippen LogP contribution in [0.15, 0.2) is 22.8 Å². The summed E-state index contributed by atoms with van der Waals surface area (Å²) in [7, 11) is -0.981. The zero-order valence-electron chi connectivity index (χ0n) is 6.89. The fourth-order valence-corrected chi connectivity index (χ4v) is 1.97. The highest BCUT2D eigenvalue weighted by Gasteiger charge is 2.07. The molecule has 0 aliphatic carbocycles. The summed E-state index contributed by atoms with van der Waals surface area (Å²) in [4.78, 5) is 0. The molecule has 0 bridgehead atoms. The van der Waals surface area contributed by atoms with Crippen molar-refractivity contribution in [1.29, 1.82) is 0 Å². The van der Waals surface area contributed by atoms with Gasteiger partial charge < -0.3 is 4.72 Å². The third-order valence-corrected chi connectivity index (χ3v) is 2.57. The second-order valence-corrected chi connectivity index (χ2v) is 3.48. The van der Waals surface area contributed by atoms with Crippen molar-refractivity contribution in [1.82, 2.24) is 4.72 Å². The van der Waals surface area contributed by atoms with Crippen molar-refractivity contribution in [3.05, 3.63) is 22.8 Å². The standard InChI is InChI=1S/C8H13NOS/c1-3-7-5-6-11(10)9-8(7)4-2/h5-6,9H,3-4H2,1-2H3. The number of hydrogen-bond acceptors (Lipinski definition) is 1. The van der Waals surface area contributed by atoms with Crippen LogP contribution in [-0.4, -0.2) is 4.21 Å². The van der Waals surface area contributed by atoms with Crippen molar-refractivity contribution in [2.24, 2.45) is 0 Å². The van der Waals surface area contributed by atoms with Gasteiger partial charge >= 0.3 is 0 Å². The summed E-state index contributed by atoms with van der Waals surface area (Å²) in [5, 5.41) is 1.69. The largest absolute Gasteiger partial charge is 0.305 e. The molecule has 2 nitrogen and oxygen atoms in total. The molecule has 0 saturated heterocycles. The van der Waals surface area contributed by atoms with Crippen LogP contribution in [0.2, 0.25) is 0 Å². The van der Waals surface area contributed by atoms with Gasteiger partial charge in [0.25, 0.3) is 0 Å². The van der Waals surface area contributed by atoms with E-state index in [4.69, 9.17) is 0 Å². The molecule has 0 amide bonds. The molecule has 1 atom stereocenters. The molecule has 0 fully saturated rings. The van der Waals surface area contributed by atoms with Crippen LogP contribution in [0, 0.1) is 0 Å². The van der Waals surface area contributed by atoms with Crippen LogP contribution >= 0.6 is 0 Å². The van der Waals surface area contributed by atoms with E-state index in [1.807, 2.05) is 6.08 Å². The summed E-state index contributed by atoms with van der Waals surface area (Å²) in [5.41, 5.74) is 2.39. The van der Waals surface area contributed by atoms with Gasteiger partial charge in [0, 0.05) is 11.1 Å². The molecule has 11 heavy (non-hydrogen) atoms. The molecule has 1 aliphatic heterocycles. The first kappa shape index (κ1) is 8.53. The van der Waals surface area contributed by atoms with Crippen molar-refractivity contribution >= 4 is 11.0 Å². The topological polar surface area (TPSA) is 29.1 Å². The maximum absolute atomic E-state index is 11.0. The van der Waals surface area contributed by atoms with Crippen LogP contribution in [0.5, 0.6) is 0 Å². The predicted octanol–water partition coefficient (Wildman–Crippen LogP) is 1.84. The lowest BCUT2D eigenvalue weighted by Crippen LogP contribution is -2.18. The van der Waals surface area contributed by atoms with Crippen molar-refractivity contribution in [2.75, 3.05) is 0 Å². The quantitative estimate of drug-likeness (QED) is 0.675. The molecule has 0 aromatic rings. The maximum Gasteiger partial charge on any atom is 0.142 e. The summed E-state index contributed by atoms with van der Waals surface area (Å²) in [6.45, 7) is 4.17. The van der Waals surface area contributed by atoms with E-state index in [0.29, 0.717) is 0 Å². The lowest BCUT2D eigenvalue weighted by atomic mass is 10.1. The van der Waals surface area contributed by atoms with E-state index in [1.54, 1.807) is 5.41 Å². The Labute approximate surface area is 70.0 Å². The number of rotatable bonds is 2. The zero-order chi connectivity index (χ0) is 8.27. The van der Waals surface area contributed by atoms with Gasteiger partial charge in [0.2, 0.25) is 0 Å². The molecule has 1 aliphatic rings. The van der Waals surface area contributed by atoms with E-state index in [0.717, 1.165) is 18.5 Å². The Morgan fingerprint density at radius 3 is 2.73 bits per heavy atom. The van der Waals surface area contributed by atoms with Crippen LogP contribution in [0.4, 0.5) is 0 Å². The van der Waals surface area contributed by atoms with E-state index < -0.39 is 11.0 Å². The number of hydrogen-bond donors (Lipinski definition) is 1. The molecule has 1 unspecified atom stereocenters. The van der Waals surface area contributed by atoms with E-state index in [-0.39, 0.29) is 0 Å². The van der Waals surface area contributed by atoms with E-state index in [1.165, 1.54) is 5.57 Å². The minimum absolute atomic E-state index is 0.930. The molecule has 0 aromatic heterocycles. The van der Waals surface area contributed by atoms with Gasteiger partial charge in [-0.3, -0.25) is 0 Å². The summed E-state index contributed by atoms with van der Waals surface area (Å²) >= 11 is 0. The molecule has 3 heteroatoms. The Hall–Kier alpha value is -0.570. The number of nitrogens with one attached hydrogen (secondary N) is 1. The fourth-order valence-electron chi connectivity index (χ4n) is 1.10. The predicted molar refractivity (Wildman–Crippen MR) is 48.0 cm³/mol. The van der Waals surface area contributed by atoms with E-state index in [2.05, 4.69) is 18.6 Å². The molecule has 0 saturated carbocycles. The summed E-state index contributed by atoms with van der Waals surface area (Å²) in [5.74, 6) is 0. The molecule has 1 N–H and O–H groups in total. The molecule has 62 valence electrons. The van der Waals surface area contributed by atoms with Gasteiger partial charge in [-0.2, -0.15) is 0 Å². The first-order chi connectivity index (χ1) is 5.27. The zero-order valence-corrected chi connectivity index (χ0v) is 7.70. The van der Waals surface area contributed by atoms with Crippen molar-refractivity contribution < 1.29 is 4.21 Å². The van der Waals surface area contributed by atoms with Gasteiger partial charge in [0.15, 0.2) is 0 Å². The highest BCUT2D eigenvalue weighted by molar-refractivity contribution is 7.86. The molecular weight excluding hydrogens is 158 g/mol. The first-order valence-electron chi connectivity index (χ1n) is 3.85. The second-order valence-electron chi connectivity index (χ2n) is 2.41. The monoisotopic (exact) mass is 171 g/mol. The maximum atomic E-state index is 11.0. The van der Waals surface area contributed by atoms with Crippen molar-refractivity contribution in [2.45, 2.75) is 26.7 Å². The smallest absolute Gasteiger partial charge is 0.142 e.